The largest absolute Gasteiger partial charge is 0.497 e. The molecule has 0 aliphatic heterocycles. The first-order valence-corrected chi connectivity index (χ1v) is 10.7. The molecule has 0 radical (unpaired) electrons. The van der Waals surface area contributed by atoms with Gasteiger partial charge >= 0.3 is 6.18 Å². The summed E-state index contributed by atoms with van der Waals surface area (Å²) < 4.78 is 44.4. The molecule has 0 aliphatic carbocycles. The Bertz CT molecular complexity index is 1190. The first-order valence-electron chi connectivity index (χ1n) is 8.92. The van der Waals surface area contributed by atoms with Crippen LogP contribution in [-0.4, -0.2) is 22.3 Å². The van der Waals surface area contributed by atoms with Crippen LogP contribution >= 0.6 is 23.1 Å². The number of ether oxygens (including phenoxy) is 1. The molecule has 0 saturated carbocycles. The Morgan fingerprint density at radius 1 is 1.07 bits per heavy atom. The molecule has 0 aliphatic rings. The maximum absolute atomic E-state index is 12.7. The van der Waals surface area contributed by atoms with E-state index in [-0.39, 0.29) is 0 Å². The molecule has 30 heavy (non-hydrogen) atoms. The fraction of sp³-hybridized carbons (Fsp3) is 0.190. The predicted octanol–water partition coefficient (Wildman–Crippen LogP) is 6.38. The molecule has 4 rings (SSSR count). The molecule has 0 unspecified atom stereocenters. The first-order chi connectivity index (χ1) is 14.3. The van der Waals surface area contributed by atoms with E-state index in [9.17, 15) is 13.2 Å². The van der Waals surface area contributed by atoms with Crippen molar-refractivity contribution in [3.05, 3.63) is 64.7 Å². The normalized spacial score (nSPS) is 11.8. The fourth-order valence-electron chi connectivity index (χ4n) is 2.92. The van der Waals surface area contributed by atoms with E-state index in [4.69, 9.17) is 4.74 Å². The Kier molecular flexibility index (Phi) is 5.66. The SMILES string of the molecule is COc1cccc(-c2nnc(SCc3ccc(C(F)(F)F)cc3)c3nc(C)sc23)c1. The lowest BCUT2D eigenvalue weighted by molar-refractivity contribution is -0.137. The molecule has 2 heterocycles. The highest BCUT2D eigenvalue weighted by Crippen LogP contribution is 2.37. The van der Waals surface area contributed by atoms with Gasteiger partial charge in [0.15, 0.2) is 0 Å². The number of benzene rings is 2. The van der Waals surface area contributed by atoms with Crippen molar-refractivity contribution < 1.29 is 17.9 Å². The molecule has 4 nitrogen and oxygen atoms in total. The third-order valence-corrected chi connectivity index (χ3v) is 6.40. The summed E-state index contributed by atoms with van der Waals surface area (Å²) in [6.07, 6.45) is -4.34. The van der Waals surface area contributed by atoms with Crippen LogP contribution in [0.2, 0.25) is 0 Å². The second kappa shape index (κ2) is 8.23. The van der Waals surface area contributed by atoms with Crippen LogP contribution in [0.15, 0.2) is 53.6 Å². The van der Waals surface area contributed by atoms with Crippen molar-refractivity contribution in [2.24, 2.45) is 0 Å². The average Bonchev–Trinajstić information content (AvgIpc) is 3.13. The summed E-state index contributed by atoms with van der Waals surface area (Å²) in [6.45, 7) is 1.92. The molecular formula is C21H16F3N3OS2. The Labute approximate surface area is 179 Å². The van der Waals surface area contributed by atoms with Gasteiger partial charge < -0.3 is 4.74 Å². The van der Waals surface area contributed by atoms with Crippen molar-refractivity contribution in [1.29, 1.82) is 0 Å². The fourth-order valence-corrected chi connectivity index (χ4v) is 4.79. The number of thiazole rings is 1. The van der Waals surface area contributed by atoms with Gasteiger partial charge in [-0.25, -0.2) is 4.98 Å². The first kappa shape index (κ1) is 20.6. The zero-order valence-electron chi connectivity index (χ0n) is 16.0. The van der Waals surface area contributed by atoms with Crippen molar-refractivity contribution >= 4 is 33.3 Å². The van der Waals surface area contributed by atoms with Crippen LogP contribution in [0.25, 0.3) is 21.5 Å². The van der Waals surface area contributed by atoms with E-state index in [2.05, 4.69) is 15.2 Å². The molecular weight excluding hydrogens is 431 g/mol. The van der Waals surface area contributed by atoms with Gasteiger partial charge in [0.25, 0.3) is 0 Å². The van der Waals surface area contributed by atoms with Crippen LogP contribution in [0.3, 0.4) is 0 Å². The van der Waals surface area contributed by atoms with Crippen LogP contribution in [0, 0.1) is 6.92 Å². The standard InChI is InChI=1S/C21H16F3N3OS2/c1-12-25-18-19(30-12)17(14-4-3-5-16(10-14)28-2)26-27-20(18)29-11-13-6-8-15(9-7-13)21(22,23)24/h3-10H,11H2,1-2H3. The van der Waals surface area contributed by atoms with Gasteiger partial charge in [-0.1, -0.05) is 36.0 Å². The lowest BCUT2D eigenvalue weighted by atomic mass is 10.1. The number of aromatic nitrogens is 3. The zero-order chi connectivity index (χ0) is 21.3. The number of hydrogen-bond acceptors (Lipinski definition) is 6. The van der Waals surface area contributed by atoms with Crippen LogP contribution in [0.5, 0.6) is 5.75 Å². The third-order valence-electron chi connectivity index (χ3n) is 4.39. The minimum absolute atomic E-state index is 0.469. The van der Waals surface area contributed by atoms with Gasteiger partial charge in [0.1, 0.15) is 22.0 Å². The molecule has 0 bridgehead atoms. The zero-order valence-corrected chi connectivity index (χ0v) is 17.7. The van der Waals surface area contributed by atoms with E-state index in [0.717, 1.165) is 49.9 Å². The Balaban J connectivity index is 1.63. The van der Waals surface area contributed by atoms with Crippen LogP contribution in [0.4, 0.5) is 13.2 Å². The minimum atomic E-state index is -4.34. The van der Waals surface area contributed by atoms with Gasteiger partial charge in [0.05, 0.1) is 22.4 Å². The van der Waals surface area contributed by atoms with Gasteiger partial charge in [-0.05, 0) is 36.8 Å². The average molecular weight is 448 g/mol. The minimum Gasteiger partial charge on any atom is -0.497 e. The Morgan fingerprint density at radius 2 is 1.83 bits per heavy atom. The molecule has 0 saturated heterocycles. The highest BCUT2D eigenvalue weighted by atomic mass is 32.2. The maximum atomic E-state index is 12.7. The monoisotopic (exact) mass is 447 g/mol. The van der Waals surface area contributed by atoms with Crippen molar-refractivity contribution in [3.8, 4) is 17.0 Å². The van der Waals surface area contributed by atoms with Gasteiger partial charge in [-0.2, -0.15) is 13.2 Å². The molecule has 2 aromatic carbocycles. The Morgan fingerprint density at radius 3 is 2.53 bits per heavy atom. The summed E-state index contributed by atoms with van der Waals surface area (Å²) in [4.78, 5) is 4.62. The molecule has 154 valence electrons. The van der Waals surface area contributed by atoms with Crippen molar-refractivity contribution in [2.45, 2.75) is 23.9 Å². The Hall–Kier alpha value is -2.65. The van der Waals surface area contributed by atoms with E-state index in [0.29, 0.717) is 10.8 Å². The molecule has 9 heteroatoms. The number of aryl methyl sites for hydroxylation is 1. The van der Waals surface area contributed by atoms with E-state index >= 15 is 0 Å². The maximum Gasteiger partial charge on any atom is 0.416 e. The van der Waals surface area contributed by atoms with Gasteiger partial charge in [0, 0.05) is 11.3 Å². The molecule has 4 aromatic rings. The van der Waals surface area contributed by atoms with Crippen LogP contribution in [0.1, 0.15) is 16.1 Å². The van der Waals surface area contributed by atoms with E-state index < -0.39 is 11.7 Å². The van der Waals surface area contributed by atoms with Crippen molar-refractivity contribution in [3.63, 3.8) is 0 Å². The lowest BCUT2D eigenvalue weighted by Gasteiger charge is -2.08. The second-order valence-electron chi connectivity index (χ2n) is 6.48. The molecule has 0 spiro atoms. The highest BCUT2D eigenvalue weighted by molar-refractivity contribution is 7.98. The number of alkyl halides is 3. The summed E-state index contributed by atoms with van der Waals surface area (Å²) in [5, 5.41) is 10.3. The van der Waals surface area contributed by atoms with Gasteiger partial charge in [-0.3, -0.25) is 0 Å². The number of thioether (sulfide) groups is 1. The third kappa shape index (κ3) is 4.27. The summed E-state index contributed by atoms with van der Waals surface area (Å²) in [5.41, 5.74) is 2.48. The number of rotatable bonds is 5. The summed E-state index contributed by atoms with van der Waals surface area (Å²) in [6, 6.07) is 12.7. The second-order valence-corrected chi connectivity index (χ2v) is 8.65. The quantitative estimate of drug-likeness (QED) is 0.332. The highest BCUT2D eigenvalue weighted by Gasteiger charge is 2.29. The van der Waals surface area contributed by atoms with Crippen molar-refractivity contribution in [2.75, 3.05) is 7.11 Å². The number of fused-ring (bicyclic) bond motifs is 1. The molecule has 0 amide bonds. The predicted molar refractivity (Wildman–Crippen MR) is 113 cm³/mol. The molecule has 2 aromatic heterocycles. The molecule has 0 fully saturated rings. The summed E-state index contributed by atoms with van der Waals surface area (Å²) in [5.74, 6) is 1.20. The molecule has 0 atom stereocenters. The van der Waals surface area contributed by atoms with Gasteiger partial charge in [-0.15, -0.1) is 21.5 Å². The topological polar surface area (TPSA) is 47.9 Å². The van der Waals surface area contributed by atoms with Crippen LogP contribution in [-0.2, 0) is 11.9 Å². The smallest absolute Gasteiger partial charge is 0.416 e. The van der Waals surface area contributed by atoms with Gasteiger partial charge in [0.2, 0.25) is 0 Å². The number of halogens is 3. The van der Waals surface area contributed by atoms with Crippen LogP contribution < -0.4 is 4.74 Å². The number of nitrogens with zero attached hydrogens (tertiary/aromatic N) is 3. The van der Waals surface area contributed by atoms with E-state index in [1.807, 2.05) is 31.2 Å². The summed E-state index contributed by atoms with van der Waals surface area (Å²) >= 11 is 2.94. The van der Waals surface area contributed by atoms with E-state index in [1.54, 1.807) is 7.11 Å². The number of methoxy groups -OCH3 is 1. The summed E-state index contributed by atoms with van der Waals surface area (Å²) in [7, 11) is 1.61. The van der Waals surface area contributed by atoms with Crippen molar-refractivity contribution in [1.82, 2.24) is 15.2 Å². The van der Waals surface area contributed by atoms with E-state index in [1.165, 1.54) is 35.2 Å². The number of hydrogen-bond donors (Lipinski definition) is 0. The lowest BCUT2D eigenvalue weighted by Crippen LogP contribution is -2.04. The molecule has 0 N–H and O–H groups in total.